The number of piperidine rings is 1. The number of hydrogen-bond acceptors (Lipinski definition) is 2. The molecule has 4 unspecified atom stereocenters. The number of likely N-dealkylation sites (tertiary alicyclic amines) is 1. The molecule has 1 saturated heterocycles. The van der Waals surface area contributed by atoms with Crippen LogP contribution in [0.1, 0.15) is 39.5 Å². The molecular weight excluding hydrogens is 230 g/mol. The van der Waals surface area contributed by atoms with Gasteiger partial charge in [-0.05, 0) is 37.5 Å². The Morgan fingerprint density at radius 3 is 2.39 bits per heavy atom. The maximum absolute atomic E-state index is 12.5. The minimum absolute atomic E-state index is 0.0818. The zero-order valence-corrected chi connectivity index (χ0v) is 11.3. The molecule has 0 aromatic rings. The molecule has 18 heavy (non-hydrogen) atoms. The smallest absolute Gasteiger partial charge is 0.307 e. The van der Waals surface area contributed by atoms with Crippen molar-refractivity contribution in [2.24, 2.45) is 23.7 Å². The van der Waals surface area contributed by atoms with Crippen LogP contribution in [0.15, 0.2) is 0 Å². The fourth-order valence-corrected chi connectivity index (χ4v) is 3.46. The molecule has 4 nitrogen and oxygen atoms in total. The minimum atomic E-state index is -0.803. The summed E-state index contributed by atoms with van der Waals surface area (Å²) >= 11 is 0. The molecule has 1 N–H and O–H groups in total. The van der Waals surface area contributed by atoms with Crippen LogP contribution in [0.5, 0.6) is 0 Å². The lowest BCUT2D eigenvalue weighted by atomic mass is 9.92. The Morgan fingerprint density at radius 2 is 1.78 bits per heavy atom. The lowest BCUT2D eigenvalue weighted by Crippen LogP contribution is -2.44. The van der Waals surface area contributed by atoms with Gasteiger partial charge in [-0.2, -0.15) is 0 Å². The maximum Gasteiger partial charge on any atom is 0.307 e. The number of aliphatic carboxylic acids is 1. The first-order valence-electron chi connectivity index (χ1n) is 7.00. The van der Waals surface area contributed by atoms with Crippen molar-refractivity contribution >= 4 is 11.9 Å². The van der Waals surface area contributed by atoms with Crippen LogP contribution in [0.3, 0.4) is 0 Å². The number of carboxylic acid groups (broad SMARTS) is 1. The van der Waals surface area contributed by atoms with Gasteiger partial charge < -0.3 is 10.0 Å². The number of carbonyl (C=O) groups is 2. The van der Waals surface area contributed by atoms with E-state index in [9.17, 15) is 14.7 Å². The molecule has 1 saturated carbocycles. The van der Waals surface area contributed by atoms with Crippen molar-refractivity contribution in [1.29, 1.82) is 0 Å². The van der Waals surface area contributed by atoms with Gasteiger partial charge in [-0.3, -0.25) is 9.59 Å². The third kappa shape index (κ3) is 2.68. The fraction of sp³-hybridized carbons (Fsp3) is 0.857. The van der Waals surface area contributed by atoms with E-state index in [-0.39, 0.29) is 11.8 Å². The fourth-order valence-electron chi connectivity index (χ4n) is 3.46. The molecule has 2 fully saturated rings. The van der Waals surface area contributed by atoms with Gasteiger partial charge in [0.25, 0.3) is 0 Å². The monoisotopic (exact) mass is 253 g/mol. The molecule has 4 heteroatoms. The van der Waals surface area contributed by atoms with Crippen LogP contribution in [0.25, 0.3) is 0 Å². The highest BCUT2D eigenvalue weighted by molar-refractivity contribution is 5.85. The van der Waals surface area contributed by atoms with E-state index in [0.29, 0.717) is 18.3 Å². The quantitative estimate of drug-likeness (QED) is 0.818. The molecule has 1 amide bonds. The van der Waals surface area contributed by atoms with Gasteiger partial charge in [0, 0.05) is 13.1 Å². The van der Waals surface area contributed by atoms with Gasteiger partial charge in [0.05, 0.1) is 11.8 Å². The number of rotatable bonds is 2. The van der Waals surface area contributed by atoms with E-state index in [2.05, 4.69) is 6.92 Å². The molecule has 1 aliphatic heterocycles. The van der Waals surface area contributed by atoms with Crippen LogP contribution >= 0.6 is 0 Å². The second-order valence-corrected chi connectivity index (χ2v) is 6.16. The van der Waals surface area contributed by atoms with Crippen molar-refractivity contribution in [3.63, 3.8) is 0 Å². The second-order valence-electron chi connectivity index (χ2n) is 6.16. The first kappa shape index (κ1) is 13.4. The minimum Gasteiger partial charge on any atom is -0.481 e. The summed E-state index contributed by atoms with van der Waals surface area (Å²) in [6.45, 7) is 5.81. The number of carbonyl (C=O) groups excluding carboxylic acids is 1. The highest BCUT2D eigenvalue weighted by Crippen LogP contribution is 2.38. The van der Waals surface area contributed by atoms with Gasteiger partial charge in [-0.15, -0.1) is 0 Å². The largest absolute Gasteiger partial charge is 0.481 e. The van der Waals surface area contributed by atoms with Crippen molar-refractivity contribution in [3.8, 4) is 0 Å². The van der Waals surface area contributed by atoms with Crippen LogP contribution in [-0.2, 0) is 9.59 Å². The van der Waals surface area contributed by atoms with E-state index in [1.807, 2.05) is 11.8 Å². The van der Waals surface area contributed by atoms with Gasteiger partial charge in [0.2, 0.25) is 5.91 Å². The van der Waals surface area contributed by atoms with E-state index in [0.717, 1.165) is 25.9 Å². The highest BCUT2D eigenvalue weighted by Gasteiger charge is 2.43. The Bertz CT molecular complexity index is 342. The van der Waals surface area contributed by atoms with Gasteiger partial charge in [-0.1, -0.05) is 13.8 Å². The summed E-state index contributed by atoms with van der Waals surface area (Å²) in [5.74, 6) is -0.583. The van der Waals surface area contributed by atoms with Crippen LogP contribution < -0.4 is 0 Å². The average molecular weight is 253 g/mol. The molecule has 1 heterocycles. The maximum atomic E-state index is 12.5. The molecule has 1 aliphatic carbocycles. The Hall–Kier alpha value is -1.06. The van der Waals surface area contributed by atoms with Crippen molar-refractivity contribution in [2.45, 2.75) is 39.5 Å². The number of amides is 1. The van der Waals surface area contributed by atoms with E-state index in [1.54, 1.807) is 0 Å². The third-order valence-electron chi connectivity index (χ3n) is 4.40. The Morgan fingerprint density at radius 1 is 1.11 bits per heavy atom. The van der Waals surface area contributed by atoms with Crippen molar-refractivity contribution < 1.29 is 14.7 Å². The molecule has 0 bridgehead atoms. The molecule has 2 rings (SSSR count). The van der Waals surface area contributed by atoms with E-state index in [1.165, 1.54) is 6.42 Å². The molecule has 2 aliphatic rings. The summed E-state index contributed by atoms with van der Waals surface area (Å²) in [6.07, 6.45) is 3.61. The topological polar surface area (TPSA) is 57.6 Å². The van der Waals surface area contributed by atoms with Gasteiger partial charge in [-0.25, -0.2) is 0 Å². The second kappa shape index (κ2) is 5.29. The highest BCUT2D eigenvalue weighted by atomic mass is 16.4. The van der Waals surface area contributed by atoms with Gasteiger partial charge in [0.1, 0.15) is 0 Å². The van der Waals surface area contributed by atoms with Crippen LogP contribution in [0, 0.1) is 23.7 Å². The van der Waals surface area contributed by atoms with Crippen molar-refractivity contribution in [2.75, 3.05) is 13.1 Å². The zero-order valence-electron chi connectivity index (χ0n) is 11.3. The lowest BCUT2D eigenvalue weighted by molar-refractivity contribution is -0.149. The van der Waals surface area contributed by atoms with Gasteiger partial charge in [0.15, 0.2) is 0 Å². The summed E-state index contributed by atoms with van der Waals surface area (Å²) in [5.41, 5.74) is 0. The summed E-state index contributed by atoms with van der Waals surface area (Å²) in [5, 5.41) is 9.23. The van der Waals surface area contributed by atoms with Crippen molar-refractivity contribution in [3.05, 3.63) is 0 Å². The normalized spacial score (nSPS) is 36.7. The van der Waals surface area contributed by atoms with Gasteiger partial charge >= 0.3 is 5.97 Å². The van der Waals surface area contributed by atoms with E-state index in [4.69, 9.17) is 0 Å². The molecule has 0 aromatic heterocycles. The lowest BCUT2D eigenvalue weighted by Gasteiger charge is -2.33. The van der Waals surface area contributed by atoms with E-state index < -0.39 is 11.9 Å². The summed E-state index contributed by atoms with van der Waals surface area (Å²) in [4.78, 5) is 25.6. The Labute approximate surface area is 108 Å². The molecule has 4 atom stereocenters. The predicted octanol–water partition coefficient (Wildman–Crippen LogP) is 1.99. The zero-order chi connectivity index (χ0) is 13.3. The molecule has 0 radical (unpaired) electrons. The van der Waals surface area contributed by atoms with Crippen LogP contribution in [-0.4, -0.2) is 35.0 Å². The Kier molecular flexibility index (Phi) is 3.93. The molecule has 0 spiro atoms. The molecular formula is C14H23NO3. The SMILES string of the molecule is CC1CC(C(=O)O)C(C(=O)N2CCCC(C)C2)C1. The number of hydrogen-bond donors (Lipinski definition) is 1. The predicted molar refractivity (Wildman–Crippen MR) is 68.0 cm³/mol. The Balaban J connectivity index is 2.05. The first-order valence-corrected chi connectivity index (χ1v) is 7.00. The molecule has 0 aromatic carbocycles. The number of nitrogens with zero attached hydrogens (tertiary/aromatic N) is 1. The third-order valence-corrected chi connectivity index (χ3v) is 4.40. The summed E-state index contributed by atoms with van der Waals surface area (Å²) in [7, 11) is 0. The van der Waals surface area contributed by atoms with Crippen molar-refractivity contribution in [1.82, 2.24) is 4.90 Å². The van der Waals surface area contributed by atoms with E-state index >= 15 is 0 Å². The first-order chi connectivity index (χ1) is 8.49. The van der Waals surface area contributed by atoms with Crippen LogP contribution in [0.4, 0.5) is 0 Å². The average Bonchev–Trinajstić information content (AvgIpc) is 2.70. The summed E-state index contributed by atoms with van der Waals surface area (Å²) in [6, 6.07) is 0. The van der Waals surface area contributed by atoms with Crippen LogP contribution in [0.2, 0.25) is 0 Å². The standard InChI is InChI=1S/C14H23NO3/c1-9-4-3-5-15(8-9)13(16)11-6-10(2)7-12(11)14(17)18/h9-12H,3-8H2,1-2H3,(H,17,18). The summed E-state index contributed by atoms with van der Waals surface area (Å²) < 4.78 is 0. The molecule has 102 valence electrons. The number of carboxylic acids is 1.